The Labute approximate surface area is 179 Å². The van der Waals surface area contributed by atoms with Gasteiger partial charge in [-0.1, -0.05) is 6.07 Å². The molecule has 0 fully saturated rings. The van der Waals surface area contributed by atoms with Gasteiger partial charge in [-0.05, 0) is 54.3 Å². The van der Waals surface area contributed by atoms with Gasteiger partial charge < -0.3 is 14.8 Å². The summed E-state index contributed by atoms with van der Waals surface area (Å²) < 4.78 is 37.9. The molecule has 0 radical (unpaired) electrons. The molecule has 7 nitrogen and oxygen atoms in total. The molecular formula is C21H22N2O5S2. The van der Waals surface area contributed by atoms with Gasteiger partial charge in [0.1, 0.15) is 11.5 Å². The summed E-state index contributed by atoms with van der Waals surface area (Å²) in [6, 6.07) is 14.7. The molecule has 2 aromatic carbocycles. The maximum atomic E-state index is 12.6. The van der Waals surface area contributed by atoms with Crippen molar-refractivity contribution < 1.29 is 22.7 Å². The lowest BCUT2D eigenvalue weighted by Gasteiger charge is -2.12. The van der Waals surface area contributed by atoms with E-state index in [4.69, 9.17) is 9.47 Å². The van der Waals surface area contributed by atoms with E-state index in [1.54, 1.807) is 29.5 Å². The van der Waals surface area contributed by atoms with Crippen molar-refractivity contribution in [1.82, 2.24) is 4.72 Å². The fourth-order valence-electron chi connectivity index (χ4n) is 2.74. The van der Waals surface area contributed by atoms with Gasteiger partial charge in [-0.3, -0.25) is 4.79 Å². The van der Waals surface area contributed by atoms with Crippen molar-refractivity contribution in [3.63, 3.8) is 0 Å². The molecule has 3 aromatic rings. The van der Waals surface area contributed by atoms with Crippen molar-refractivity contribution >= 4 is 33.0 Å². The first-order valence-electron chi connectivity index (χ1n) is 9.08. The largest absolute Gasteiger partial charge is 0.497 e. The molecule has 0 aliphatic heterocycles. The molecule has 1 heterocycles. The molecule has 1 aromatic heterocycles. The van der Waals surface area contributed by atoms with Crippen molar-refractivity contribution in [2.24, 2.45) is 0 Å². The number of hydrogen-bond acceptors (Lipinski definition) is 6. The van der Waals surface area contributed by atoms with Crippen molar-refractivity contribution in [3.05, 3.63) is 70.4 Å². The van der Waals surface area contributed by atoms with Gasteiger partial charge in [0.05, 0.1) is 24.8 Å². The van der Waals surface area contributed by atoms with E-state index in [1.807, 2.05) is 17.5 Å². The SMILES string of the molecule is COc1ccc(OC)c(NC(=O)c2ccc(S(=O)(=O)NCCc3cccs3)cc2)c1. The molecule has 0 bridgehead atoms. The predicted molar refractivity (Wildman–Crippen MR) is 117 cm³/mol. The number of amides is 1. The molecule has 0 aliphatic carbocycles. The van der Waals surface area contributed by atoms with E-state index in [0.29, 0.717) is 35.7 Å². The molecular weight excluding hydrogens is 424 g/mol. The van der Waals surface area contributed by atoms with Crippen molar-refractivity contribution in [3.8, 4) is 11.5 Å². The highest BCUT2D eigenvalue weighted by Gasteiger charge is 2.16. The first-order chi connectivity index (χ1) is 14.4. The molecule has 0 saturated heterocycles. The Balaban J connectivity index is 1.66. The Bertz CT molecular complexity index is 1090. The molecule has 9 heteroatoms. The second kappa shape index (κ2) is 9.75. The molecule has 158 valence electrons. The van der Waals surface area contributed by atoms with E-state index in [-0.39, 0.29) is 4.90 Å². The van der Waals surface area contributed by atoms with E-state index < -0.39 is 15.9 Å². The first-order valence-corrected chi connectivity index (χ1v) is 11.4. The number of ether oxygens (including phenoxy) is 2. The molecule has 0 spiro atoms. The quantitative estimate of drug-likeness (QED) is 0.524. The van der Waals surface area contributed by atoms with Gasteiger partial charge in [0, 0.05) is 23.1 Å². The van der Waals surface area contributed by atoms with E-state index in [2.05, 4.69) is 10.0 Å². The summed E-state index contributed by atoms with van der Waals surface area (Å²) in [5, 5.41) is 4.71. The van der Waals surface area contributed by atoms with Gasteiger partial charge >= 0.3 is 0 Å². The van der Waals surface area contributed by atoms with Crippen LogP contribution < -0.4 is 19.5 Å². The van der Waals surface area contributed by atoms with Crippen LogP contribution in [0.5, 0.6) is 11.5 Å². The normalized spacial score (nSPS) is 11.1. The number of hydrogen-bond donors (Lipinski definition) is 2. The Morgan fingerprint density at radius 2 is 1.80 bits per heavy atom. The Hall–Kier alpha value is -2.88. The molecule has 1 amide bonds. The van der Waals surface area contributed by atoms with Gasteiger partial charge in [0.2, 0.25) is 10.0 Å². The van der Waals surface area contributed by atoms with Crippen LogP contribution in [0.2, 0.25) is 0 Å². The average Bonchev–Trinajstić information content (AvgIpc) is 3.27. The summed E-state index contributed by atoms with van der Waals surface area (Å²) in [5.74, 6) is 0.663. The first kappa shape index (κ1) is 21.8. The second-order valence-corrected chi connectivity index (χ2v) is 9.07. The smallest absolute Gasteiger partial charge is 0.255 e. The van der Waals surface area contributed by atoms with Crippen molar-refractivity contribution in [1.29, 1.82) is 0 Å². The highest BCUT2D eigenvalue weighted by molar-refractivity contribution is 7.89. The maximum Gasteiger partial charge on any atom is 0.255 e. The average molecular weight is 447 g/mol. The van der Waals surface area contributed by atoms with E-state index >= 15 is 0 Å². The Kier molecular flexibility index (Phi) is 7.09. The molecule has 0 atom stereocenters. The number of anilines is 1. The number of carbonyl (C=O) groups is 1. The Morgan fingerprint density at radius 3 is 2.43 bits per heavy atom. The summed E-state index contributed by atoms with van der Waals surface area (Å²) in [5.41, 5.74) is 0.770. The van der Waals surface area contributed by atoms with Gasteiger partial charge in [0.25, 0.3) is 5.91 Å². The molecule has 2 N–H and O–H groups in total. The number of carbonyl (C=O) groups excluding carboxylic acids is 1. The van der Waals surface area contributed by atoms with E-state index in [9.17, 15) is 13.2 Å². The topological polar surface area (TPSA) is 93.7 Å². The highest BCUT2D eigenvalue weighted by Crippen LogP contribution is 2.29. The lowest BCUT2D eigenvalue weighted by atomic mass is 10.2. The molecule has 30 heavy (non-hydrogen) atoms. The van der Waals surface area contributed by atoms with Crippen LogP contribution in [0.4, 0.5) is 5.69 Å². The summed E-state index contributed by atoms with van der Waals surface area (Å²) >= 11 is 1.58. The molecule has 0 unspecified atom stereocenters. The number of methoxy groups -OCH3 is 2. The van der Waals surface area contributed by atoms with Crippen molar-refractivity contribution in [2.75, 3.05) is 26.1 Å². The highest BCUT2D eigenvalue weighted by atomic mass is 32.2. The van der Waals surface area contributed by atoms with Crippen LogP contribution in [0, 0.1) is 0 Å². The monoisotopic (exact) mass is 446 g/mol. The maximum absolute atomic E-state index is 12.6. The zero-order chi connectivity index (χ0) is 21.6. The summed E-state index contributed by atoms with van der Waals surface area (Å²) in [6.07, 6.45) is 0.625. The lowest BCUT2D eigenvalue weighted by molar-refractivity contribution is 0.102. The molecule has 0 aliphatic rings. The van der Waals surface area contributed by atoms with E-state index in [0.717, 1.165) is 4.88 Å². The van der Waals surface area contributed by atoms with Gasteiger partial charge in [0.15, 0.2) is 0 Å². The minimum Gasteiger partial charge on any atom is -0.497 e. The van der Waals surface area contributed by atoms with Crippen LogP contribution in [0.15, 0.2) is 64.9 Å². The zero-order valence-corrected chi connectivity index (χ0v) is 18.2. The standard InChI is InChI=1S/C21H22N2O5S2/c1-27-16-7-10-20(28-2)19(14-16)23-21(24)15-5-8-18(9-6-15)30(25,26)22-12-11-17-4-3-13-29-17/h3-10,13-14,22H,11-12H2,1-2H3,(H,23,24). The van der Waals surface area contributed by atoms with Crippen LogP contribution in [-0.4, -0.2) is 35.1 Å². The number of benzene rings is 2. The van der Waals surface area contributed by atoms with Gasteiger partial charge in [-0.2, -0.15) is 0 Å². The minimum atomic E-state index is -3.65. The Morgan fingerprint density at radius 1 is 1.03 bits per heavy atom. The summed E-state index contributed by atoms with van der Waals surface area (Å²) in [7, 11) is -0.617. The van der Waals surface area contributed by atoms with Crippen LogP contribution in [0.3, 0.4) is 0 Å². The fourth-order valence-corrected chi connectivity index (χ4v) is 4.48. The third-order valence-corrected chi connectivity index (χ3v) is 6.74. The van der Waals surface area contributed by atoms with E-state index in [1.165, 1.54) is 38.5 Å². The second-order valence-electron chi connectivity index (χ2n) is 6.27. The van der Waals surface area contributed by atoms with Crippen LogP contribution in [0.1, 0.15) is 15.2 Å². The van der Waals surface area contributed by atoms with Crippen LogP contribution >= 0.6 is 11.3 Å². The molecule has 3 rings (SSSR count). The fraction of sp³-hybridized carbons (Fsp3) is 0.190. The summed E-state index contributed by atoms with van der Waals surface area (Å²) in [6.45, 7) is 0.306. The predicted octanol–water partition coefficient (Wildman–Crippen LogP) is 3.54. The van der Waals surface area contributed by atoms with Gasteiger partial charge in [-0.25, -0.2) is 13.1 Å². The lowest BCUT2D eigenvalue weighted by Crippen LogP contribution is -2.26. The number of rotatable bonds is 9. The third kappa shape index (κ3) is 5.38. The number of sulfonamides is 1. The number of thiophene rings is 1. The van der Waals surface area contributed by atoms with Gasteiger partial charge in [-0.15, -0.1) is 11.3 Å². The third-order valence-electron chi connectivity index (χ3n) is 4.33. The summed E-state index contributed by atoms with van der Waals surface area (Å²) in [4.78, 5) is 13.8. The van der Waals surface area contributed by atoms with Crippen molar-refractivity contribution in [2.45, 2.75) is 11.3 Å². The zero-order valence-electron chi connectivity index (χ0n) is 16.5. The van der Waals surface area contributed by atoms with Crippen LogP contribution in [-0.2, 0) is 16.4 Å². The molecule has 0 saturated carbocycles. The van der Waals surface area contributed by atoms with Crippen LogP contribution in [0.25, 0.3) is 0 Å². The minimum absolute atomic E-state index is 0.101. The number of nitrogens with one attached hydrogen (secondary N) is 2.